The van der Waals surface area contributed by atoms with E-state index in [1.807, 2.05) is 10.4 Å². The zero-order valence-corrected chi connectivity index (χ0v) is 18.9. The predicted octanol–water partition coefficient (Wildman–Crippen LogP) is 5.15. The van der Waals surface area contributed by atoms with Crippen LogP contribution in [0.5, 0.6) is 0 Å². The molecule has 0 amide bonds. The maximum Gasteiger partial charge on any atom is 0.0777 e. The van der Waals surface area contributed by atoms with Crippen LogP contribution < -0.4 is 10.4 Å². The van der Waals surface area contributed by atoms with Gasteiger partial charge in [-0.3, -0.25) is 0 Å². The minimum absolute atomic E-state index is 1.34. The molecule has 0 radical (unpaired) electrons. The lowest BCUT2D eigenvalue weighted by Gasteiger charge is -2.52. The van der Waals surface area contributed by atoms with Crippen LogP contribution in [0.3, 0.4) is 0 Å². The van der Waals surface area contributed by atoms with E-state index in [1.165, 1.54) is 25.7 Å². The minimum atomic E-state index is -1.39. The van der Waals surface area contributed by atoms with Gasteiger partial charge in [-0.1, -0.05) is 134 Å². The van der Waals surface area contributed by atoms with Crippen molar-refractivity contribution in [3.63, 3.8) is 0 Å². The lowest BCUT2D eigenvalue weighted by atomic mass is 10.3. The highest BCUT2D eigenvalue weighted by Gasteiger charge is 2.63. The summed E-state index contributed by atoms with van der Waals surface area (Å²) in [4.78, 5) is 0. The fourth-order valence-electron chi connectivity index (χ4n) is 6.48. The van der Waals surface area contributed by atoms with Crippen LogP contribution in [0.2, 0.25) is 37.3 Å². The SMILES string of the molecule is C[Si]1(C)[Si]2(c3ccccc3)CCCC[Si]1(c1ccccc1)CCCC2. The Bertz CT molecular complexity index is 635. The normalized spacial score (nSPS) is 31.8. The van der Waals surface area contributed by atoms with E-state index >= 15 is 0 Å². The summed E-state index contributed by atoms with van der Waals surface area (Å²) in [5, 5.41) is 3.64. The average molecular weight is 381 g/mol. The molecule has 0 N–H and O–H groups in total. The van der Waals surface area contributed by atoms with E-state index in [-0.39, 0.29) is 0 Å². The van der Waals surface area contributed by atoms with Crippen molar-refractivity contribution < 1.29 is 0 Å². The van der Waals surface area contributed by atoms with Crippen LogP contribution in [0.25, 0.3) is 0 Å². The van der Waals surface area contributed by atoms with E-state index in [9.17, 15) is 0 Å². The van der Waals surface area contributed by atoms with Gasteiger partial charge in [0.2, 0.25) is 0 Å². The summed E-state index contributed by atoms with van der Waals surface area (Å²) in [6.45, 7) is 5.73. The van der Waals surface area contributed by atoms with Gasteiger partial charge >= 0.3 is 0 Å². The first-order valence-electron chi connectivity index (χ1n) is 10.2. The molecule has 2 aliphatic heterocycles. The minimum Gasteiger partial charge on any atom is -0.0725 e. The topological polar surface area (TPSA) is 0 Å². The highest BCUT2D eigenvalue weighted by molar-refractivity contribution is 7.74. The Balaban J connectivity index is 1.96. The quantitative estimate of drug-likeness (QED) is 0.632. The second-order valence-corrected chi connectivity index (χ2v) is 34.4. The van der Waals surface area contributed by atoms with E-state index in [0.717, 1.165) is 0 Å². The Morgan fingerprint density at radius 3 is 1.16 bits per heavy atom. The van der Waals surface area contributed by atoms with Crippen molar-refractivity contribution in [3.8, 4) is 0 Å². The molecule has 2 fully saturated rings. The zero-order chi connectivity index (χ0) is 17.4. The first-order chi connectivity index (χ1) is 12.1. The summed E-state index contributed by atoms with van der Waals surface area (Å²) in [6, 6.07) is 30.2. The third-order valence-electron chi connectivity index (χ3n) is 7.96. The van der Waals surface area contributed by atoms with E-state index in [0.29, 0.717) is 0 Å². The molecular weight excluding hydrogens is 349 g/mol. The largest absolute Gasteiger partial charge is 0.0777 e. The van der Waals surface area contributed by atoms with Crippen molar-refractivity contribution in [2.75, 3.05) is 0 Å². The molecule has 25 heavy (non-hydrogen) atoms. The van der Waals surface area contributed by atoms with Crippen LogP contribution in [0.1, 0.15) is 25.7 Å². The Morgan fingerprint density at radius 2 is 0.840 bits per heavy atom. The number of hydrogen-bond donors (Lipinski definition) is 0. The van der Waals surface area contributed by atoms with Crippen molar-refractivity contribution in [3.05, 3.63) is 60.7 Å². The van der Waals surface area contributed by atoms with Crippen LogP contribution in [0.15, 0.2) is 60.7 Å². The molecule has 0 unspecified atom stereocenters. The number of fused-ring (bicyclic) bond motifs is 2. The standard InChI is InChI=1S/C22H32Si3/c1-23(2)24(21-13-5-3-6-14-21)17-9-11-19-25(23,20-12-10-18-24)22-15-7-4-8-16-22/h3-8,13-16H,9-12,17-20H2,1-2H3. The molecule has 2 heterocycles. The summed E-state index contributed by atoms with van der Waals surface area (Å²) >= 11 is 0. The van der Waals surface area contributed by atoms with E-state index in [1.54, 1.807) is 24.2 Å². The maximum atomic E-state index is 2.86. The van der Waals surface area contributed by atoms with Gasteiger partial charge in [0, 0.05) is 7.11 Å². The van der Waals surface area contributed by atoms with Gasteiger partial charge in [-0.15, -0.1) is 0 Å². The molecule has 0 spiro atoms. The highest BCUT2D eigenvalue weighted by atomic mass is 29.6. The van der Waals surface area contributed by atoms with Gasteiger partial charge in [-0.2, -0.15) is 0 Å². The lowest BCUT2D eigenvalue weighted by molar-refractivity contribution is 0.811. The molecule has 3 heteroatoms. The van der Waals surface area contributed by atoms with Gasteiger partial charge in [0.15, 0.2) is 0 Å². The molecule has 2 saturated heterocycles. The monoisotopic (exact) mass is 380 g/mol. The van der Waals surface area contributed by atoms with Gasteiger partial charge in [-0.05, 0) is 0 Å². The molecule has 132 valence electrons. The van der Waals surface area contributed by atoms with Crippen LogP contribution in [0, 0.1) is 0 Å². The fourth-order valence-corrected chi connectivity index (χ4v) is 51.1. The van der Waals surface area contributed by atoms with Crippen molar-refractivity contribution in [1.29, 1.82) is 0 Å². The molecule has 0 aromatic heterocycles. The third-order valence-corrected chi connectivity index (χ3v) is 48.2. The first kappa shape index (κ1) is 17.5. The molecule has 0 aliphatic carbocycles. The van der Waals surface area contributed by atoms with Crippen molar-refractivity contribution in [2.45, 2.75) is 63.0 Å². The molecule has 2 bridgehead atoms. The van der Waals surface area contributed by atoms with Crippen LogP contribution in [-0.4, -0.2) is 22.3 Å². The number of rotatable bonds is 2. The molecule has 2 aliphatic rings. The molecule has 0 atom stereocenters. The molecule has 4 rings (SSSR count). The summed E-state index contributed by atoms with van der Waals surface area (Å²) in [6.07, 6.45) is 6.00. The van der Waals surface area contributed by atoms with Crippen LogP contribution in [0.4, 0.5) is 0 Å². The second-order valence-electron chi connectivity index (χ2n) is 8.94. The predicted molar refractivity (Wildman–Crippen MR) is 119 cm³/mol. The van der Waals surface area contributed by atoms with Gasteiger partial charge in [0.25, 0.3) is 0 Å². The molecule has 2 aromatic rings. The van der Waals surface area contributed by atoms with Gasteiger partial charge < -0.3 is 0 Å². The average Bonchev–Trinajstić information content (AvgIpc) is 2.84. The van der Waals surface area contributed by atoms with Crippen LogP contribution >= 0.6 is 0 Å². The number of hydrogen-bond acceptors (Lipinski definition) is 0. The summed E-state index contributed by atoms with van der Waals surface area (Å²) < 4.78 is 0. The Morgan fingerprint density at radius 1 is 0.520 bits per heavy atom. The third kappa shape index (κ3) is 2.58. The Kier molecular flexibility index (Phi) is 4.67. The Hall–Kier alpha value is -0.909. The number of benzene rings is 2. The summed E-state index contributed by atoms with van der Waals surface area (Å²) in [7, 11) is -4.13. The highest BCUT2D eigenvalue weighted by Crippen LogP contribution is 2.46. The summed E-state index contributed by atoms with van der Waals surface area (Å²) in [5.41, 5.74) is 0. The van der Waals surface area contributed by atoms with E-state index in [2.05, 4.69) is 73.8 Å². The molecule has 0 nitrogen and oxygen atoms in total. The van der Waals surface area contributed by atoms with Gasteiger partial charge in [-0.25, -0.2) is 0 Å². The molecule has 2 aromatic carbocycles. The Labute approximate surface area is 156 Å². The fraction of sp³-hybridized carbons (Fsp3) is 0.455. The maximum absolute atomic E-state index is 2.86. The van der Waals surface area contributed by atoms with Crippen molar-refractivity contribution in [2.24, 2.45) is 0 Å². The zero-order valence-electron chi connectivity index (χ0n) is 15.9. The lowest BCUT2D eigenvalue weighted by Crippen LogP contribution is -2.80. The van der Waals surface area contributed by atoms with E-state index < -0.39 is 22.3 Å². The van der Waals surface area contributed by atoms with Crippen LogP contribution in [-0.2, 0) is 0 Å². The smallest absolute Gasteiger partial charge is 0.0725 e. The summed E-state index contributed by atoms with van der Waals surface area (Å²) in [5.74, 6) is 0. The molecule has 0 saturated carbocycles. The van der Waals surface area contributed by atoms with Gasteiger partial charge in [0.05, 0.1) is 15.2 Å². The first-order valence-corrected chi connectivity index (χ1v) is 20.1. The van der Waals surface area contributed by atoms with Crippen molar-refractivity contribution in [1.82, 2.24) is 0 Å². The second kappa shape index (κ2) is 6.67. The van der Waals surface area contributed by atoms with Gasteiger partial charge in [0.1, 0.15) is 0 Å². The molecular formula is C22H32Si3. The van der Waals surface area contributed by atoms with E-state index in [4.69, 9.17) is 0 Å². The van der Waals surface area contributed by atoms with Crippen molar-refractivity contribution >= 4 is 32.7 Å².